The Kier molecular flexibility index (Phi) is 6.37. The number of aryl methyl sites for hydroxylation is 1. The molecule has 0 bridgehead atoms. The lowest BCUT2D eigenvalue weighted by Gasteiger charge is -2.25. The van der Waals surface area contributed by atoms with Crippen molar-refractivity contribution in [1.82, 2.24) is 10.6 Å². The monoisotopic (exact) mass is 292 g/mol. The van der Waals surface area contributed by atoms with Gasteiger partial charge in [-0.1, -0.05) is 43.2 Å². The van der Waals surface area contributed by atoms with Gasteiger partial charge in [-0.2, -0.15) is 0 Å². The minimum atomic E-state index is -1.06. The Hall–Kier alpha value is -1.88. The molecule has 1 aromatic carbocycles. The average Bonchev–Trinajstić information content (AvgIpc) is 2.44. The van der Waals surface area contributed by atoms with Crippen molar-refractivity contribution in [1.29, 1.82) is 0 Å². The summed E-state index contributed by atoms with van der Waals surface area (Å²) in [7, 11) is 0. The topological polar surface area (TPSA) is 78.4 Å². The first-order chi connectivity index (χ1) is 9.87. The minimum Gasteiger partial charge on any atom is -0.480 e. The Morgan fingerprint density at radius 3 is 2.38 bits per heavy atom. The zero-order valence-corrected chi connectivity index (χ0v) is 12.9. The highest BCUT2D eigenvalue weighted by atomic mass is 16.4. The van der Waals surface area contributed by atoms with E-state index in [1.165, 1.54) is 5.56 Å². The normalized spacial score (nSPS) is 13.5. The van der Waals surface area contributed by atoms with E-state index in [4.69, 9.17) is 0 Å². The fourth-order valence-corrected chi connectivity index (χ4v) is 2.02. The van der Waals surface area contributed by atoms with E-state index in [-0.39, 0.29) is 12.5 Å². The molecule has 1 rings (SSSR count). The molecule has 5 heteroatoms. The van der Waals surface area contributed by atoms with Gasteiger partial charge in [0.25, 0.3) is 0 Å². The van der Waals surface area contributed by atoms with Crippen molar-refractivity contribution < 1.29 is 14.7 Å². The second-order valence-corrected chi connectivity index (χ2v) is 5.50. The Labute approximate surface area is 125 Å². The zero-order valence-electron chi connectivity index (χ0n) is 12.9. The third-order valence-corrected chi connectivity index (χ3v) is 3.47. The Bertz CT molecular complexity index is 485. The van der Waals surface area contributed by atoms with Crippen LogP contribution in [0.2, 0.25) is 0 Å². The maximum atomic E-state index is 11.8. The molecule has 0 radical (unpaired) electrons. The standard InChI is InChI=1S/C16H24N2O3/c1-4-9-16(3,15(20)21)18-11-14(19)17-10-13-7-5-12(2)6-8-13/h5-8,18H,4,9-11H2,1-3H3,(H,17,19)(H,20,21). The molecule has 1 atom stereocenters. The summed E-state index contributed by atoms with van der Waals surface area (Å²) in [5.41, 5.74) is 1.13. The van der Waals surface area contributed by atoms with Crippen molar-refractivity contribution in [3.63, 3.8) is 0 Å². The molecule has 0 heterocycles. The minimum absolute atomic E-state index is 0.00530. The number of rotatable bonds is 8. The van der Waals surface area contributed by atoms with Crippen LogP contribution in [0.4, 0.5) is 0 Å². The number of hydrogen-bond acceptors (Lipinski definition) is 3. The third-order valence-electron chi connectivity index (χ3n) is 3.47. The van der Waals surface area contributed by atoms with Gasteiger partial charge in [-0.25, -0.2) is 0 Å². The van der Waals surface area contributed by atoms with Crippen LogP contribution < -0.4 is 10.6 Å². The number of carboxylic acid groups (broad SMARTS) is 1. The number of benzene rings is 1. The number of carbonyl (C=O) groups excluding carboxylic acids is 1. The van der Waals surface area contributed by atoms with Gasteiger partial charge in [0.15, 0.2) is 0 Å². The molecule has 5 nitrogen and oxygen atoms in total. The second kappa shape index (κ2) is 7.78. The third kappa shape index (κ3) is 5.55. The summed E-state index contributed by atoms with van der Waals surface area (Å²) in [6, 6.07) is 7.90. The number of amides is 1. The van der Waals surface area contributed by atoms with Crippen molar-refractivity contribution in [2.24, 2.45) is 0 Å². The van der Waals surface area contributed by atoms with E-state index in [1.54, 1.807) is 6.92 Å². The molecule has 3 N–H and O–H groups in total. The predicted molar refractivity (Wildman–Crippen MR) is 82.0 cm³/mol. The van der Waals surface area contributed by atoms with Crippen LogP contribution in [0.1, 0.15) is 37.8 Å². The quantitative estimate of drug-likeness (QED) is 0.683. The van der Waals surface area contributed by atoms with Gasteiger partial charge in [0.2, 0.25) is 5.91 Å². The Morgan fingerprint density at radius 1 is 1.24 bits per heavy atom. The summed E-state index contributed by atoms with van der Waals surface area (Å²) in [5.74, 6) is -1.14. The molecule has 0 aromatic heterocycles. The molecule has 116 valence electrons. The van der Waals surface area contributed by atoms with Crippen LogP contribution in [0.3, 0.4) is 0 Å². The largest absolute Gasteiger partial charge is 0.480 e. The van der Waals surface area contributed by atoms with Gasteiger partial charge in [0.05, 0.1) is 6.54 Å². The molecule has 1 amide bonds. The summed E-state index contributed by atoms with van der Waals surface area (Å²) in [6.07, 6.45) is 1.22. The summed E-state index contributed by atoms with van der Waals surface area (Å²) in [4.78, 5) is 23.0. The smallest absolute Gasteiger partial charge is 0.323 e. The number of aliphatic carboxylic acids is 1. The summed E-state index contributed by atoms with van der Waals surface area (Å²) in [6.45, 7) is 5.96. The van der Waals surface area contributed by atoms with E-state index < -0.39 is 11.5 Å². The first-order valence-electron chi connectivity index (χ1n) is 7.18. The van der Waals surface area contributed by atoms with Crippen molar-refractivity contribution in [2.75, 3.05) is 6.54 Å². The molecule has 0 aliphatic rings. The molecular weight excluding hydrogens is 268 g/mol. The average molecular weight is 292 g/mol. The molecule has 0 saturated heterocycles. The maximum absolute atomic E-state index is 11.8. The summed E-state index contributed by atoms with van der Waals surface area (Å²) >= 11 is 0. The lowest BCUT2D eigenvalue weighted by molar-refractivity contribution is -0.144. The van der Waals surface area contributed by atoms with Crippen molar-refractivity contribution in [2.45, 2.75) is 45.7 Å². The molecular formula is C16H24N2O3. The molecule has 1 aromatic rings. The van der Waals surface area contributed by atoms with Crippen LogP contribution in [0.25, 0.3) is 0 Å². The molecule has 0 aliphatic carbocycles. The number of carboxylic acids is 1. The Balaban J connectivity index is 2.43. The maximum Gasteiger partial charge on any atom is 0.323 e. The lowest BCUT2D eigenvalue weighted by Crippen LogP contribution is -2.52. The molecule has 21 heavy (non-hydrogen) atoms. The fraction of sp³-hybridized carbons (Fsp3) is 0.500. The van der Waals surface area contributed by atoms with Crippen LogP contribution in [-0.4, -0.2) is 29.1 Å². The predicted octanol–water partition coefficient (Wildman–Crippen LogP) is 1.84. The van der Waals surface area contributed by atoms with E-state index in [0.717, 1.165) is 12.0 Å². The van der Waals surface area contributed by atoms with E-state index in [2.05, 4.69) is 10.6 Å². The highest BCUT2D eigenvalue weighted by molar-refractivity contribution is 5.81. The molecule has 0 fully saturated rings. The van der Waals surface area contributed by atoms with Crippen LogP contribution in [-0.2, 0) is 16.1 Å². The van der Waals surface area contributed by atoms with E-state index >= 15 is 0 Å². The van der Waals surface area contributed by atoms with E-state index in [1.807, 2.05) is 38.1 Å². The van der Waals surface area contributed by atoms with Crippen LogP contribution in [0, 0.1) is 6.92 Å². The van der Waals surface area contributed by atoms with Crippen molar-refractivity contribution >= 4 is 11.9 Å². The van der Waals surface area contributed by atoms with Crippen LogP contribution >= 0.6 is 0 Å². The summed E-state index contributed by atoms with van der Waals surface area (Å²) < 4.78 is 0. The molecule has 0 saturated carbocycles. The number of carbonyl (C=O) groups is 2. The first kappa shape index (κ1) is 17.2. The van der Waals surface area contributed by atoms with E-state index in [9.17, 15) is 14.7 Å². The molecule has 1 unspecified atom stereocenters. The van der Waals surface area contributed by atoms with Gasteiger partial charge in [0, 0.05) is 6.54 Å². The van der Waals surface area contributed by atoms with Gasteiger partial charge in [-0.05, 0) is 25.8 Å². The van der Waals surface area contributed by atoms with Crippen LogP contribution in [0.15, 0.2) is 24.3 Å². The van der Waals surface area contributed by atoms with Gasteiger partial charge >= 0.3 is 5.97 Å². The number of hydrogen-bond donors (Lipinski definition) is 3. The zero-order chi connectivity index (χ0) is 15.9. The first-order valence-corrected chi connectivity index (χ1v) is 7.18. The second-order valence-electron chi connectivity index (χ2n) is 5.50. The lowest BCUT2D eigenvalue weighted by atomic mass is 9.96. The van der Waals surface area contributed by atoms with Gasteiger partial charge in [-0.15, -0.1) is 0 Å². The van der Waals surface area contributed by atoms with Gasteiger partial charge in [-0.3, -0.25) is 14.9 Å². The van der Waals surface area contributed by atoms with Crippen LogP contribution in [0.5, 0.6) is 0 Å². The summed E-state index contributed by atoms with van der Waals surface area (Å²) in [5, 5.41) is 14.8. The molecule has 0 spiro atoms. The fourth-order valence-electron chi connectivity index (χ4n) is 2.02. The Morgan fingerprint density at radius 2 is 1.86 bits per heavy atom. The van der Waals surface area contributed by atoms with E-state index in [0.29, 0.717) is 13.0 Å². The van der Waals surface area contributed by atoms with Gasteiger partial charge in [0.1, 0.15) is 5.54 Å². The highest BCUT2D eigenvalue weighted by Crippen LogP contribution is 2.12. The van der Waals surface area contributed by atoms with Crippen molar-refractivity contribution in [3.8, 4) is 0 Å². The molecule has 0 aliphatic heterocycles. The highest BCUT2D eigenvalue weighted by Gasteiger charge is 2.31. The SMILES string of the molecule is CCCC(C)(NCC(=O)NCc1ccc(C)cc1)C(=O)O. The number of nitrogens with one attached hydrogen (secondary N) is 2. The van der Waals surface area contributed by atoms with Crippen molar-refractivity contribution in [3.05, 3.63) is 35.4 Å². The van der Waals surface area contributed by atoms with Gasteiger partial charge < -0.3 is 10.4 Å².